The van der Waals surface area contributed by atoms with Gasteiger partial charge < -0.3 is 5.11 Å². The lowest BCUT2D eigenvalue weighted by Crippen LogP contribution is -2.40. The van der Waals surface area contributed by atoms with E-state index < -0.39 is 21.9 Å². The summed E-state index contributed by atoms with van der Waals surface area (Å²) < 4.78 is 25.4. The molecule has 0 spiro atoms. The van der Waals surface area contributed by atoms with Crippen LogP contribution in [-0.4, -0.2) is 47.1 Å². The van der Waals surface area contributed by atoms with Gasteiger partial charge in [0, 0.05) is 19.3 Å². The number of aromatic amines is 1. The summed E-state index contributed by atoms with van der Waals surface area (Å²) in [6, 6.07) is 0. The second-order valence-corrected chi connectivity index (χ2v) is 5.89. The maximum atomic E-state index is 12.0. The monoisotopic (exact) mass is 259 g/mol. The van der Waals surface area contributed by atoms with E-state index in [9.17, 15) is 13.2 Å². The highest BCUT2D eigenvalue weighted by molar-refractivity contribution is 7.89. The van der Waals surface area contributed by atoms with E-state index in [-0.39, 0.29) is 18.0 Å². The van der Waals surface area contributed by atoms with Gasteiger partial charge in [-0.1, -0.05) is 0 Å². The molecule has 1 saturated heterocycles. The third-order valence-electron chi connectivity index (χ3n) is 2.91. The number of hydrogen-bond donors (Lipinski definition) is 2. The van der Waals surface area contributed by atoms with Gasteiger partial charge in [-0.3, -0.25) is 9.89 Å². The smallest absolute Gasteiger partial charge is 0.306 e. The summed E-state index contributed by atoms with van der Waals surface area (Å²) in [7, 11) is -3.52. The molecule has 2 rings (SSSR count). The van der Waals surface area contributed by atoms with Crippen molar-refractivity contribution in [3.05, 3.63) is 12.4 Å². The molecule has 0 saturated carbocycles. The van der Waals surface area contributed by atoms with Crippen LogP contribution in [0.4, 0.5) is 0 Å². The molecule has 1 aromatic rings. The van der Waals surface area contributed by atoms with E-state index in [1.54, 1.807) is 0 Å². The maximum absolute atomic E-state index is 12.0. The van der Waals surface area contributed by atoms with Crippen LogP contribution in [-0.2, 0) is 14.8 Å². The fraction of sp³-hybridized carbons (Fsp3) is 0.556. The predicted molar refractivity (Wildman–Crippen MR) is 57.7 cm³/mol. The Balaban J connectivity index is 2.09. The second-order valence-electron chi connectivity index (χ2n) is 3.95. The Kier molecular flexibility index (Phi) is 3.16. The van der Waals surface area contributed by atoms with Crippen molar-refractivity contribution in [2.75, 3.05) is 13.1 Å². The molecule has 0 bridgehead atoms. The van der Waals surface area contributed by atoms with Crippen molar-refractivity contribution >= 4 is 16.0 Å². The van der Waals surface area contributed by atoms with Crippen LogP contribution < -0.4 is 0 Å². The summed E-state index contributed by atoms with van der Waals surface area (Å²) in [6.07, 6.45) is 3.27. The molecule has 1 aromatic heterocycles. The normalized spacial score (nSPS) is 19.3. The molecule has 0 atom stereocenters. The first-order valence-electron chi connectivity index (χ1n) is 5.23. The molecule has 0 aromatic carbocycles. The maximum Gasteiger partial charge on any atom is 0.306 e. The highest BCUT2D eigenvalue weighted by Crippen LogP contribution is 2.23. The molecule has 1 fully saturated rings. The number of nitrogens with zero attached hydrogens (tertiary/aromatic N) is 2. The second kappa shape index (κ2) is 4.46. The van der Waals surface area contributed by atoms with Gasteiger partial charge in [0.2, 0.25) is 10.0 Å². The van der Waals surface area contributed by atoms with Gasteiger partial charge in [0.05, 0.1) is 12.1 Å². The predicted octanol–water partition coefficient (Wildman–Crippen LogP) is -0.105. The minimum absolute atomic E-state index is 0.117. The zero-order valence-electron chi connectivity index (χ0n) is 9.04. The highest BCUT2D eigenvalue weighted by Gasteiger charge is 2.32. The van der Waals surface area contributed by atoms with Gasteiger partial charge >= 0.3 is 5.97 Å². The van der Waals surface area contributed by atoms with Crippen LogP contribution in [0.2, 0.25) is 0 Å². The Bertz CT molecular complexity index is 488. The quantitative estimate of drug-likeness (QED) is 0.788. The largest absolute Gasteiger partial charge is 0.481 e. The van der Waals surface area contributed by atoms with Crippen molar-refractivity contribution < 1.29 is 18.3 Å². The van der Waals surface area contributed by atoms with Crippen molar-refractivity contribution in [3.63, 3.8) is 0 Å². The molecule has 2 N–H and O–H groups in total. The lowest BCUT2D eigenvalue weighted by Gasteiger charge is -2.28. The number of sulfonamides is 1. The van der Waals surface area contributed by atoms with Crippen LogP contribution in [0, 0.1) is 5.92 Å². The molecule has 94 valence electrons. The van der Waals surface area contributed by atoms with Crippen molar-refractivity contribution in [3.8, 4) is 0 Å². The molecular formula is C9H13N3O4S. The topological polar surface area (TPSA) is 103 Å². The van der Waals surface area contributed by atoms with Gasteiger partial charge in [-0.25, -0.2) is 8.42 Å². The van der Waals surface area contributed by atoms with E-state index in [0.717, 1.165) is 0 Å². The van der Waals surface area contributed by atoms with E-state index in [1.807, 2.05) is 0 Å². The fourth-order valence-corrected chi connectivity index (χ4v) is 3.25. The summed E-state index contributed by atoms with van der Waals surface area (Å²) in [5.74, 6) is -1.30. The van der Waals surface area contributed by atoms with Crippen molar-refractivity contribution in [1.82, 2.24) is 14.5 Å². The van der Waals surface area contributed by atoms with E-state index >= 15 is 0 Å². The minimum Gasteiger partial charge on any atom is -0.481 e. The van der Waals surface area contributed by atoms with Crippen molar-refractivity contribution in [2.24, 2.45) is 5.92 Å². The van der Waals surface area contributed by atoms with Gasteiger partial charge in [-0.2, -0.15) is 9.40 Å². The van der Waals surface area contributed by atoms with Crippen LogP contribution in [0.5, 0.6) is 0 Å². The Labute approximate surface area is 98.5 Å². The molecule has 0 amide bonds. The average Bonchev–Trinajstić information content (AvgIpc) is 2.83. The standard InChI is InChI=1S/C9H13N3O4S/c13-9(14)7-1-3-12(4-2-7)17(15,16)8-5-10-11-6-8/h5-7H,1-4H2,(H,10,11)(H,13,14). The summed E-state index contributed by atoms with van der Waals surface area (Å²) in [5.41, 5.74) is 0. The average molecular weight is 259 g/mol. The van der Waals surface area contributed by atoms with E-state index in [4.69, 9.17) is 5.11 Å². The Morgan fingerprint density at radius 1 is 1.47 bits per heavy atom. The van der Waals surface area contributed by atoms with Crippen molar-refractivity contribution in [2.45, 2.75) is 17.7 Å². The first-order valence-corrected chi connectivity index (χ1v) is 6.67. The lowest BCUT2D eigenvalue weighted by atomic mass is 9.99. The van der Waals surface area contributed by atoms with Gasteiger partial charge in [-0.05, 0) is 12.8 Å². The zero-order chi connectivity index (χ0) is 12.5. The number of piperidine rings is 1. The van der Waals surface area contributed by atoms with Crippen LogP contribution >= 0.6 is 0 Å². The molecule has 8 heteroatoms. The number of H-pyrrole nitrogens is 1. The third-order valence-corrected chi connectivity index (χ3v) is 4.78. The van der Waals surface area contributed by atoms with Gasteiger partial charge in [-0.15, -0.1) is 0 Å². The number of hydrogen-bond acceptors (Lipinski definition) is 4. The number of rotatable bonds is 3. The summed E-state index contributed by atoms with van der Waals surface area (Å²) >= 11 is 0. The molecule has 0 aliphatic carbocycles. The van der Waals surface area contributed by atoms with E-state index in [2.05, 4.69) is 10.2 Å². The SMILES string of the molecule is O=C(O)C1CCN(S(=O)(=O)c2cn[nH]c2)CC1. The fourth-order valence-electron chi connectivity index (χ4n) is 1.87. The van der Waals surface area contributed by atoms with Gasteiger partial charge in [0.1, 0.15) is 4.90 Å². The summed E-state index contributed by atoms with van der Waals surface area (Å²) in [4.78, 5) is 10.9. The number of nitrogens with one attached hydrogen (secondary N) is 1. The Morgan fingerprint density at radius 3 is 2.59 bits per heavy atom. The number of carboxylic acids is 1. The molecule has 0 radical (unpaired) electrons. The van der Waals surface area contributed by atoms with Crippen LogP contribution in [0.1, 0.15) is 12.8 Å². The van der Waals surface area contributed by atoms with E-state index in [0.29, 0.717) is 12.8 Å². The zero-order valence-corrected chi connectivity index (χ0v) is 9.85. The summed E-state index contributed by atoms with van der Waals surface area (Å²) in [6.45, 7) is 0.481. The number of carboxylic acid groups (broad SMARTS) is 1. The Hall–Kier alpha value is -1.41. The van der Waals surface area contributed by atoms with Gasteiger partial charge in [0.25, 0.3) is 0 Å². The molecule has 1 aliphatic heterocycles. The molecule has 17 heavy (non-hydrogen) atoms. The minimum atomic E-state index is -3.52. The van der Waals surface area contributed by atoms with Gasteiger partial charge in [0.15, 0.2) is 0 Å². The first kappa shape index (κ1) is 12.1. The molecule has 1 aliphatic rings. The number of carbonyl (C=O) groups is 1. The lowest BCUT2D eigenvalue weighted by molar-refractivity contribution is -0.142. The molecule has 0 unspecified atom stereocenters. The molecular weight excluding hydrogens is 246 g/mol. The summed E-state index contributed by atoms with van der Waals surface area (Å²) in [5, 5.41) is 14.9. The van der Waals surface area contributed by atoms with Crippen LogP contribution in [0.25, 0.3) is 0 Å². The number of aromatic nitrogens is 2. The number of aliphatic carboxylic acids is 1. The molecule has 7 nitrogen and oxygen atoms in total. The van der Waals surface area contributed by atoms with Crippen molar-refractivity contribution in [1.29, 1.82) is 0 Å². The van der Waals surface area contributed by atoms with Crippen LogP contribution in [0.15, 0.2) is 17.3 Å². The highest BCUT2D eigenvalue weighted by atomic mass is 32.2. The van der Waals surface area contributed by atoms with Crippen LogP contribution in [0.3, 0.4) is 0 Å². The molecule has 2 heterocycles. The van der Waals surface area contributed by atoms with E-state index in [1.165, 1.54) is 16.7 Å². The Morgan fingerprint density at radius 2 is 2.12 bits per heavy atom. The third kappa shape index (κ3) is 2.32. The first-order chi connectivity index (χ1) is 8.01.